The number of carbonyl (C=O) groups excluding carboxylic acids is 3. The maximum Gasteiger partial charge on any atom is 0.302 e. The summed E-state index contributed by atoms with van der Waals surface area (Å²) in [5, 5.41) is 14.5. The molecule has 2 aromatic carbocycles. The number of carbonyl (C=O) groups is 3. The van der Waals surface area contributed by atoms with Crippen molar-refractivity contribution in [1.82, 2.24) is 14.7 Å². The van der Waals surface area contributed by atoms with Gasteiger partial charge in [-0.3, -0.25) is 19.3 Å². The SMILES string of the molecule is COc1cccc(-c2nn(-c3ccccc3)cc2/C=C2/C(=O)N(CCCOC(C)=O)C(=O)C(C#N)=C2C)c1. The number of hydrogen-bond acceptors (Lipinski definition) is 7. The van der Waals surface area contributed by atoms with Crippen LogP contribution in [0.5, 0.6) is 5.75 Å². The van der Waals surface area contributed by atoms with E-state index in [0.29, 0.717) is 22.6 Å². The second-order valence-electron chi connectivity index (χ2n) is 8.57. The minimum absolute atomic E-state index is 0.00671. The third kappa shape index (κ3) is 5.39. The Balaban J connectivity index is 1.81. The molecule has 2 heterocycles. The van der Waals surface area contributed by atoms with Crippen LogP contribution in [-0.2, 0) is 19.1 Å². The van der Waals surface area contributed by atoms with Crippen molar-refractivity contribution in [1.29, 1.82) is 5.26 Å². The lowest BCUT2D eigenvalue weighted by atomic mass is 9.93. The molecule has 0 saturated heterocycles. The van der Waals surface area contributed by atoms with Gasteiger partial charge in [0.25, 0.3) is 11.8 Å². The zero-order valence-corrected chi connectivity index (χ0v) is 21.3. The van der Waals surface area contributed by atoms with Gasteiger partial charge in [0, 0.05) is 36.4 Å². The first-order valence-electron chi connectivity index (χ1n) is 12.0. The van der Waals surface area contributed by atoms with E-state index in [1.165, 1.54) is 6.92 Å². The summed E-state index contributed by atoms with van der Waals surface area (Å²) < 4.78 is 12.0. The van der Waals surface area contributed by atoms with Gasteiger partial charge < -0.3 is 9.47 Å². The van der Waals surface area contributed by atoms with E-state index in [0.717, 1.165) is 16.2 Å². The number of ether oxygens (including phenoxy) is 2. The van der Waals surface area contributed by atoms with Crippen LogP contribution in [0.15, 0.2) is 77.5 Å². The molecule has 0 N–H and O–H groups in total. The van der Waals surface area contributed by atoms with E-state index in [1.807, 2.05) is 60.7 Å². The van der Waals surface area contributed by atoms with Gasteiger partial charge in [0.15, 0.2) is 0 Å². The normalized spacial score (nSPS) is 14.6. The lowest BCUT2D eigenvalue weighted by molar-refractivity contribution is -0.141. The van der Waals surface area contributed by atoms with E-state index in [4.69, 9.17) is 14.6 Å². The summed E-state index contributed by atoms with van der Waals surface area (Å²) in [5.74, 6) is -0.992. The van der Waals surface area contributed by atoms with Crippen molar-refractivity contribution in [3.8, 4) is 28.8 Å². The van der Waals surface area contributed by atoms with Crippen LogP contribution in [0.1, 0.15) is 25.8 Å². The fraction of sp³-hybridized carbons (Fsp3) is 0.207. The highest BCUT2D eigenvalue weighted by Gasteiger charge is 2.35. The van der Waals surface area contributed by atoms with Gasteiger partial charge in [0.05, 0.1) is 19.4 Å². The van der Waals surface area contributed by atoms with Gasteiger partial charge in [-0.25, -0.2) is 4.68 Å². The number of aromatic nitrogens is 2. The molecule has 3 aromatic rings. The van der Waals surface area contributed by atoms with Crippen molar-refractivity contribution in [3.05, 3.63) is 83.1 Å². The van der Waals surface area contributed by atoms with Crippen molar-refractivity contribution in [3.63, 3.8) is 0 Å². The molecule has 0 atom stereocenters. The smallest absolute Gasteiger partial charge is 0.302 e. The van der Waals surface area contributed by atoms with Crippen molar-refractivity contribution in [2.24, 2.45) is 0 Å². The van der Waals surface area contributed by atoms with E-state index in [9.17, 15) is 19.6 Å². The summed E-state index contributed by atoms with van der Waals surface area (Å²) in [7, 11) is 1.58. The number of methoxy groups -OCH3 is 1. The van der Waals surface area contributed by atoms with Crippen molar-refractivity contribution in [2.45, 2.75) is 20.3 Å². The van der Waals surface area contributed by atoms with E-state index in [1.54, 1.807) is 31.0 Å². The number of imide groups is 1. The monoisotopic (exact) mass is 510 g/mol. The quantitative estimate of drug-likeness (QED) is 0.194. The lowest BCUT2D eigenvalue weighted by Crippen LogP contribution is -2.43. The summed E-state index contributed by atoms with van der Waals surface area (Å²) >= 11 is 0. The highest BCUT2D eigenvalue weighted by Crippen LogP contribution is 2.32. The zero-order valence-electron chi connectivity index (χ0n) is 21.3. The van der Waals surface area contributed by atoms with Gasteiger partial charge in [-0.05, 0) is 49.3 Å². The molecule has 9 nitrogen and oxygen atoms in total. The van der Waals surface area contributed by atoms with Gasteiger partial charge in [0.1, 0.15) is 23.1 Å². The number of esters is 1. The number of rotatable bonds is 8. The van der Waals surface area contributed by atoms with Crippen LogP contribution in [-0.4, -0.2) is 52.7 Å². The Kier molecular flexibility index (Phi) is 7.83. The largest absolute Gasteiger partial charge is 0.497 e. The summed E-state index contributed by atoms with van der Waals surface area (Å²) in [6.45, 7) is 2.93. The molecule has 0 aliphatic carbocycles. The molecule has 2 amide bonds. The molecule has 4 rings (SSSR count). The Morgan fingerprint density at radius 2 is 1.87 bits per heavy atom. The molecule has 0 saturated carbocycles. The number of nitrogens with zero attached hydrogens (tertiary/aromatic N) is 4. The maximum atomic E-state index is 13.5. The van der Waals surface area contributed by atoms with E-state index in [2.05, 4.69) is 0 Å². The molecule has 9 heteroatoms. The number of amides is 2. The minimum Gasteiger partial charge on any atom is -0.497 e. The fourth-order valence-electron chi connectivity index (χ4n) is 4.13. The van der Waals surface area contributed by atoms with Gasteiger partial charge in [0.2, 0.25) is 0 Å². The highest BCUT2D eigenvalue weighted by atomic mass is 16.5. The van der Waals surface area contributed by atoms with Crippen molar-refractivity contribution < 1.29 is 23.9 Å². The van der Waals surface area contributed by atoms with Crippen molar-refractivity contribution >= 4 is 23.9 Å². The van der Waals surface area contributed by atoms with Crippen LogP contribution in [0, 0.1) is 11.3 Å². The van der Waals surface area contributed by atoms with Crippen LogP contribution in [0.2, 0.25) is 0 Å². The molecule has 1 aliphatic rings. The summed E-state index contributed by atoms with van der Waals surface area (Å²) in [6, 6.07) is 18.9. The standard InChI is InChI=1S/C29H26N4O5/c1-19-25(28(35)32(29(36)26(19)17-30)13-8-14-38-20(2)34)16-22-18-33(23-10-5-4-6-11-23)31-27(22)21-9-7-12-24(15-21)37-3/h4-7,9-12,15-16,18H,8,13-14H2,1-3H3/b25-16+. The fourth-order valence-corrected chi connectivity index (χ4v) is 4.13. The molecule has 0 bridgehead atoms. The van der Waals surface area contributed by atoms with Crippen LogP contribution in [0.25, 0.3) is 23.0 Å². The Bertz CT molecular complexity index is 1490. The molecule has 0 spiro atoms. The first kappa shape index (κ1) is 26.1. The predicted octanol–water partition coefficient (Wildman–Crippen LogP) is 4.09. The Labute approximate surface area is 220 Å². The highest BCUT2D eigenvalue weighted by molar-refractivity contribution is 6.19. The van der Waals surface area contributed by atoms with Crippen LogP contribution >= 0.6 is 0 Å². The summed E-state index contributed by atoms with van der Waals surface area (Å²) in [5.41, 5.74) is 3.21. The predicted molar refractivity (Wildman–Crippen MR) is 140 cm³/mol. The van der Waals surface area contributed by atoms with Gasteiger partial charge in [-0.15, -0.1) is 0 Å². The van der Waals surface area contributed by atoms with Crippen molar-refractivity contribution in [2.75, 3.05) is 20.3 Å². The third-order valence-electron chi connectivity index (χ3n) is 6.06. The molecule has 38 heavy (non-hydrogen) atoms. The Hall–Kier alpha value is -4.97. The van der Waals surface area contributed by atoms with Gasteiger partial charge in [-0.1, -0.05) is 30.3 Å². The van der Waals surface area contributed by atoms with Crippen LogP contribution < -0.4 is 4.74 Å². The lowest BCUT2D eigenvalue weighted by Gasteiger charge is -2.27. The Morgan fingerprint density at radius 3 is 2.55 bits per heavy atom. The number of para-hydroxylation sites is 1. The third-order valence-corrected chi connectivity index (χ3v) is 6.06. The van der Waals surface area contributed by atoms with E-state index in [-0.39, 0.29) is 30.7 Å². The first-order chi connectivity index (χ1) is 18.3. The number of nitriles is 1. The molecular weight excluding hydrogens is 484 g/mol. The van der Waals surface area contributed by atoms with E-state index >= 15 is 0 Å². The molecule has 0 radical (unpaired) electrons. The van der Waals surface area contributed by atoms with Crippen LogP contribution in [0.4, 0.5) is 0 Å². The molecule has 0 unspecified atom stereocenters. The van der Waals surface area contributed by atoms with E-state index < -0.39 is 17.8 Å². The second kappa shape index (κ2) is 11.4. The first-order valence-corrected chi connectivity index (χ1v) is 12.0. The minimum atomic E-state index is -0.664. The maximum absolute atomic E-state index is 13.5. The molecule has 192 valence electrons. The Morgan fingerprint density at radius 1 is 1.11 bits per heavy atom. The summed E-state index contributed by atoms with van der Waals surface area (Å²) in [4.78, 5) is 38.5. The molecule has 1 aromatic heterocycles. The zero-order chi connectivity index (χ0) is 27.2. The number of benzene rings is 2. The van der Waals surface area contributed by atoms with Crippen LogP contribution in [0.3, 0.4) is 0 Å². The molecule has 0 fully saturated rings. The van der Waals surface area contributed by atoms with Gasteiger partial charge >= 0.3 is 5.97 Å². The average Bonchev–Trinajstić information content (AvgIpc) is 3.35. The second-order valence-corrected chi connectivity index (χ2v) is 8.57. The number of hydrogen-bond donors (Lipinski definition) is 0. The average molecular weight is 511 g/mol. The van der Waals surface area contributed by atoms with Gasteiger partial charge in [-0.2, -0.15) is 10.4 Å². The summed E-state index contributed by atoms with van der Waals surface area (Å²) in [6.07, 6.45) is 3.70. The molecular formula is C29H26N4O5. The topological polar surface area (TPSA) is 115 Å². The molecule has 1 aliphatic heterocycles.